The van der Waals surface area contributed by atoms with E-state index in [0.29, 0.717) is 11.1 Å². The van der Waals surface area contributed by atoms with E-state index < -0.39 is 6.04 Å². The van der Waals surface area contributed by atoms with Crippen LogP contribution in [0.5, 0.6) is 0 Å². The molecule has 0 bridgehead atoms. The van der Waals surface area contributed by atoms with Crippen molar-refractivity contribution >= 4 is 5.52 Å². The number of halogens is 1. The molecule has 2 heterocycles. The van der Waals surface area contributed by atoms with E-state index in [1.54, 1.807) is 42.9 Å². The highest BCUT2D eigenvalue weighted by Gasteiger charge is 2.13. The minimum atomic E-state index is -0.584. The third kappa shape index (κ3) is 2.10. The Hall–Kier alpha value is -2.47. The SMILES string of the molecule is NC(Cn1ccn2nccc2c1=O)c1ccccc1F. The Morgan fingerprint density at radius 1 is 1.25 bits per heavy atom. The maximum absolute atomic E-state index is 13.7. The van der Waals surface area contributed by atoms with Gasteiger partial charge >= 0.3 is 0 Å². The Bertz CT molecular complexity index is 808. The molecule has 1 aromatic carbocycles. The fourth-order valence-corrected chi connectivity index (χ4v) is 2.19. The zero-order chi connectivity index (χ0) is 14.1. The molecule has 0 fully saturated rings. The topological polar surface area (TPSA) is 65.3 Å². The zero-order valence-corrected chi connectivity index (χ0v) is 10.6. The summed E-state index contributed by atoms with van der Waals surface area (Å²) in [5, 5.41) is 3.98. The van der Waals surface area contributed by atoms with Crippen LogP contribution in [0.4, 0.5) is 4.39 Å². The normalized spacial score (nSPS) is 12.7. The third-order valence-corrected chi connectivity index (χ3v) is 3.24. The van der Waals surface area contributed by atoms with Gasteiger partial charge in [0.05, 0.1) is 12.2 Å². The number of hydrogen-bond donors (Lipinski definition) is 1. The van der Waals surface area contributed by atoms with Crippen LogP contribution in [-0.2, 0) is 6.54 Å². The number of nitrogens with two attached hydrogens (primary N) is 1. The summed E-state index contributed by atoms with van der Waals surface area (Å²) in [7, 11) is 0. The van der Waals surface area contributed by atoms with E-state index in [1.165, 1.54) is 15.1 Å². The van der Waals surface area contributed by atoms with Crippen molar-refractivity contribution < 1.29 is 4.39 Å². The van der Waals surface area contributed by atoms with Gasteiger partial charge in [-0.3, -0.25) is 4.79 Å². The van der Waals surface area contributed by atoms with E-state index in [2.05, 4.69) is 5.10 Å². The van der Waals surface area contributed by atoms with Crippen molar-refractivity contribution in [2.24, 2.45) is 5.73 Å². The molecule has 0 saturated carbocycles. The van der Waals surface area contributed by atoms with Crippen LogP contribution < -0.4 is 11.3 Å². The first-order valence-electron chi connectivity index (χ1n) is 6.19. The number of nitrogens with zero attached hydrogens (tertiary/aromatic N) is 3. The van der Waals surface area contributed by atoms with Gasteiger partial charge in [0.1, 0.15) is 11.3 Å². The Balaban J connectivity index is 1.95. The van der Waals surface area contributed by atoms with Gasteiger partial charge in [0, 0.05) is 24.5 Å². The van der Waals surface area contributed by atoms with Crippen LogP contribution in [0.2, 0.25) is 0 Å². The van der Waals surface area contributed by atoms with Crippen molar-refractivity contribution in [3.05, 3.63) is 70.7 Å². The largest absolute Gasteiger partial charge is 0.322 e. The molecular formula is C14H13FN4O. The first kappa shape index (κ1) is 12.6. The van der Waals surface area contributed by atoms with E-state index in [1.807, 2.05) is 0 Å². The van der Waals surface area contributed by atoms with Crippen molar-refractivity contribution in [1.29, 1.82) is 0 Å². The van der Waals surface area contributed by atoms with Crippen molar-refractivity contribution in [2.45, 2.75) is 12.6 Å². The van der Waals surface area contributed by atoms with E-state index >= 15 is 0 Å². The number of hydrogen-bond acceptors (Lipinski definition) is 3. The molecule has 2 aromatic heterocycles. The van der Waals surface area contributed by atoms with Crippen LogP contribution in [0.25, 0.3) is 5.52 Å². The number of fused-ring (bicyclic) bond motifs is 1. The second kappa shape index (κ2) is 4.90. The molecule has 6 heteroatoms. The van der Waals surface area contributed by atoms with Gasteiger partial charge in [-0.15, -0.1) is 0 Å². The minimum Gasteiger partial charge on any atom is -0.322 e. The van der Waals surface area contributed by atoms with Crippen molar-refractivity contribution in [3.63, 3.8) is 0 Å². The molecular weight excluding hydrogens is 259 g/mol. The summed E-state index contributed by atoms with van der Waals surface area (Å²) < 4.78 is 16.6. The zero-order valence-electron chi connectivity index (χ0n) is 10.6. The Morgan fingerprint density at radius 3 is 2.85 bits per heavy atom. The summed E-state index contributed by atoms with van der Waals surface area (Å²) in [6.45, 7) is 0.210. The summed E-state index contributed by atoms with van der Waals surface area (Å²) in [5.74, 6) is -0.363. The highest BCUT2D eigenvalue weighted by atomic mass is 19.1. The standard InChI is InChI=1S/C14H13FN4O/c15-11-4-2-1-3-10(11)12(16)9-18-7-8-19-13(14(18)20)5-6-17-19/h1-8,12H,9,16H2. The monoisotopic (exact) mass is 272 g/mol. The lowest BCUT2D eigenvalue weighted by molar-refractivity contribution is 0.522. The van der Waals surface area contributed by atoms with Gasteiger partial charge in [0.25, 0.3) is 5.56 Å². The average molecular weight is 272 g/mol. The molecule has 20 heavy (non-hydrogen) atoms. The second-order valence-corrected chi connectivity index (χ2v) is 4.54. The third-order valence-electron chi connectivity index (χ3n) is 3.24. The molecule has 102 valence electrons. The number of aromatic nitrogens is 3. The lowest BCUT2D eigenvalue weighted by atomic mass is 10.1. The van der Waals surface area contributed by atoms with Crippen LogP contribution in [0.15, 0.2) is 53.7 Å². The lowest BCUT2D eigenvalue weighted by Gasteiger charge is -2.14. The van der Waals surface area contributed by atoms with Crippen molar-refractivity contribution in [2.75, 3.05) is 0 Å². The van der Waals surface area contributed by atoms with Gasteiger partial charge in [-0.05, 0) is 12.1 Å². The van der Waals surface area contributed by atoms with Gasteiger partial charge in [-0.1, -0.05) is 18.2 Å². The van der Waals surface area contributed by atoms with E-state index in [-0.39, 0.29) is 17.9 Å². The molecule has 1 atom stereocenters. The minimum absolute atomic E-state index is 0.197. The summed E-state index contributed by atoms with van der Waals surface area (Å²) in [6.07, 6.45) is 4.83. The van der Waals surface area contributed by atoms with Gasteiger partial charge in [0.2, 0.25) is 0 Å². The van der Waals surface area contributed by atoms with E-state index in [0.717, 1.165) is 0 Å². The molecule has 0 aliphatic heterocycles. The van der Waals surface area contributed by atoms with Gasteiger partial charge in [0.15, 0.2) is 0 Å². The molecule has 0 amide bonds. The molecule has 3 aromatic rings. The summed E-state index contributed by atoms with van der Waals surface area (Å²) in [5.41, 5.74) is 6.66. The Labute approximate surface area is 114 Å². The lowest BCUT2D eigenvalue weighted by Crippen LogP contribution is -2.27. The predicted octanol–water partition coefficient (Wildman–Crippen LogP) is 1.34. The van der Waals surface area contributed by atoms with Gasteiger partial charge < -0.3 is 10.3 Å². The molecule has 0 aliphatic carbocycles. The summed E-state index contributed by atoms with van der Waals surface area (Å²) >= 11 is 0. The fraction of sp³-hybridized carbons (Fsp3) is 0.143. The first-order chi connectivity index (χ1) is 9.66. The predicted molar refractivity (Wildman–Crippen MR) is 72.8 cm³/mol. The molecule has 0 saturated heterocycles. The van der Waals surface area contributed by atoms with E-state index in [4.69, 9.17) is 5.73 Å². The van der Waals surface area contributed by atoms with Crippen LogP contribution in [0.3, 0.4) is 0 Å². The number of rotatable bonds is 3. The Kier molecular flexibility index (Phi) is 3.08. The maximum atomic E-state index is 13.7. The molecule has 0 aliphatic rings. The van der Waals surface area contributed by atoms with Gasteiger partial charge in [-0.25, -0.2) is 8.91 Å². The van der Waals surface area contributed by atoms with Crippen LogP contribution in [0.1, 0.15) is 11.6 Å². The van der Waals surface area contributed by atoms with Crippen molar-refractivity contribution in [1.82, 2.24) is 14.2 Å². The van der Waals surface area contributed by atoms with Crippen LogP contribution in [0, 0.1) is 5.82 Å². The first-order valence-corrected chi connectivity index (χ1v) is 6.19. The van der Waals surface area contributed by atoms with Gasteiger partial charge in [-0.2, -0.15) is 5.10 Å². The Morgan fingerprint density at radius 2 is 2.05 bits per heavy atom. The quantitative estimate of drug-likeness (QED) is 0.782. The molecule has 5 nitrogen and oxygen atoms in total. The second-order valence-electron chi connectivity index (χ2n) is 4.54. The molecule has 1 unspecified atom stereocenters. The van der Waals surface area contributed by atoms with Crippen LogP contribution in [-0.4, -0.2) is 14.2 Å². The highest BCUT2D eigenvalue weighted by molar-refractivity contribution is 5.42. The van der Waals surface area contributed by atoms with Crippen LogP contribution >= 0.6 is 0 Å². The molecule has 2 N–H and O–H groups in total. The maximum Gasteiger partial charge on any atom is 0.276 e. The number of benzene rings is 1. The molecule has 0 radical (unpaired) electrons. The summed E-state index contributed by atoms with van der Waals surface area (Å²) in [4.78, 5) is 12.2. The van der Waals surface area contributed by atoms with E-state index in [9.17, 15) is 9.18 Å². The van der Waals surface area contributed by atoms with Crippen molar-refractivity contribution in [3.8, 4) is 0 Å². The highest BCUT2D eigenvalue weighted by Crippen LogP contribution is 2.15. The summed E-state index contributed by atoms with van der Waals surface area (Å²) in [6, 6.07) is 7.37. The molecule has 0 spiro atoms. The average Bonchev–Trinajstić information content (AvgIpc) is 2.91. The molecule has 3 rings (SSSR count). The fourth-order valence-electron chi connectivity index (χ4n) is 2.19. The smallest absolute Gasteiger partial charge is 0.276 e.